The third-order valence-electron chi connectivity index (χ3n) is 6.63. The Bertz CT molecular complexity index is 834. The average molecular weight is 406 g/mol. The summed E-state index contributed by atoms with van der Waals surface area (Å²) in [5, 5.41) is 10.8. The first-order valence-electron chi connectivity index (χ1n) is 9.70. The first-order valence-corrected chi connectivity index (χ1v) is 10.5. The molecule has 0 amide bonds. The minimum Gasteiger partial charge on any atom is -0.390 e. The minimum atomic E-state index is -0.187. The Hall–Kier alpha value is -1.36. The zero-order valence-corrected chi connectivity index (χ0v) is 17.1. The number of piperidine rings is 1. The highest BCUT2D eigenvalue weighted by molar-refractivity contribution is 6.43. The van der Waals surface area contributed by atoms with E-state index in [2.05, 4.69) is 16.8 Å². The van der Waals surface area contributed by atoms with Gasteiger partial charge in [-0.3, -0.25) is 4.98 Å². The molecule has 1 atom stereocenters. The topological polar surface area (TPSA) is 49.2 Å². The van der Waals surface area contributed by atoms with Gasteiger partial charge in [-0.25, -0.2) is 4.98 Å². The summed E-state index contributed by atoms with van der Waals surface area (Å²) in [5.74, 6) is 1.66. The predicted molar refractivity (Wildman–Crippen MR) is 110 cm³/mol. The monoisotopic (exact) mass is 405 g/mol. The molecular weight excluding hydrogens is 381 g/mol. The van der Waals surface area contributed by atoms with E-state index in [9.17, 15) is 5.11 Å². The van der Waals surface area contributed by atoms with Crippen LogP contribution in [0.5, 0.6) is 0 Å². The highest BCUT2D eigenvalue weighted by atomic mass is 35.5. The molecule has 144 valence electrons. The highest BCUT2D eigenvalue weighted by Gasteiger charge is 2.42. The Morgan fingerprint density at radius 2 is 2.00 bits per heavy atom. The van der Waals surface area contributed by atoms with E-state index in [0.717, 1.165) is 24.8 Å². The summed E-state index contributed by atoms with van der Waals surface area (Å²) in [7, 11) is 0. The molecule has 1 N–H and O–H groups in total. The van der Waals surface area contributed by atoms with Crippen LogP contribution in [0.4, 0.5) is 5.82 Å². The van der Waals surface area contributed by atoms with E-state index in [0.29, 0.717) is 32.4 Å². The predicted octanol–water partition coefficient (Wildman–Crippen LogP) is 5.35. The Kier molecular flexibility index (Phi) is 5.32. The summed E-state index contributed by atoms with van der Waals surface area (Å²) in [5.41, 5.74) is 2.35. The molecule has 1 aromatic carbocycles. The summed E-state index contributed by atoms with van der Waals surface area (Å²) >= 11 is 12.5. The molecule has 1 aromatic heterocycles. The number of nitrogens with zero attached hydrogens (tertiary/aromatic N) is 3. The first kappa shape index (κ1) is 19.0. The van der Waals surface area contributed by atoms with Gasteiger partial charge in [0, 0.05) is 18.7 Å². The Morgan fingerprint density at radius 1 is 1.22 bits per heavy atom. The number of benzene rings is 1. The molecule has 2 heterocycles. The second-order valence-electron chi connectivity index (χ2n) is 7.93. The number of aliphatic hydroxyl groups excluding tert-OH is 1. The minimum absolute atomic E-state index is 0.187. The fourth-order valence-electron chi connectivity index (χ4n) is 4.83. The first-order chi connectivity index (χ1) is 13.0. The van der Waals surface area contributed by atoms with Crippen LogP contribution in [-0.2, 0) is 6.61 Å². The molecule has 4 nitrogen and oxygen atoms in total. The van der Waals surface area contributed by atoms with E-state index in [1.807, 2.05) is 12.1 Å². The molecule has 0 bridgehead atoms. The van der Waals surface area contributed by atoms with Gasteiger partial charge in [-0.2, -0.15) is 0 Å². The zero-order valence-electron chi connectivity index (χ0n) is 15.6. The van der Waals surface area contributed by atoms with Gasteiger partial charge in [0.1, 0.15) is 5.82 Å². The van der Waals surface area contributed by atoms with E-state index in [1.54, 1.807) is 12.3 Å². The average Bonchev–Trinajstić information content (AvgIpc) is 3.04. The number of halogens is 2. The number of anilines is 1. The van der Waals surface area contributed by atoms with E-state index in [4.69, 9.17) is 28.2 Å². The lowest BCUT2D eigenvalue weighted by molar-refractivity contribution is 0.161. The molecule has 0 radical (unpaired) electrons. The molecule has 6 heteroatoms. The molecule has 1 aliphatic heterocycles. The van der Waals surface area contributed by atoms with Crippen LogP contribution in [0.15, 0.2) is 24.4 Å². The van der Waals surface area contributed by atoms with Gasteiger partial charge in [0.2, 0.25) is 0 Å². The maximum atomic E-state index is 9.87. The third-order valence-corrected chi connectivity index (χ3v) is 7.45. The van der Waals surface area contributed by atoms with Crippen LogP contribution in [0, 0.1) is 11.3 Å². The summed E-state index contributed by atoms with van der Waals surface area (Å²) in [6.07, 6.45) is 8.32. The molecule has 1 aliphatic carbocycles. The van der Waals surface area contributed by atoms with E-state index in [1.165, 1.54) is 32.1 Å². The Morgan fingerprint density at radius 3 is 2.67 bits per heavy atom. The molecule has 2 aliphatic rings. The molecule has 1 spiro atoms. The summed E-state index contributed by atoms with van der Waals surface area (Å²) in [6.45, 7) is 4.23. The van der Waals surface area contributed by atoms with Crippen molar-refractivity contribution in [3.63, 3.8) is 0 Å². The number of aromatic nitrogens is 2. The van der Waals surface area contributed by atoms with Crippen LogP contribution in [0.2, 0.25) is 10.0 Å². The van der Waals surface area contributed by atoms with Crippen molar-refractivity contribution >= 4 is 29.0 Å². The van der Waals surface area contributed by atoms with Gasteiger partial charge in [-0.1, -0.05) is 55.1 Å². The van der Waals surface area contributed by atoms with Gasteiger partial charge in [0.05, 0.1) is 34.2 Å². The molecule has 4 rings (SSSR count). The van der Waals surface area contributed by atoms with Crippen LogP contribution >= 0.6 is 23.2 Å². The largest absolute Gasteiger partial charge is 0.390 e. The summed E-state index contributed by atoms with van der Waals surface area (Å²) in [4.78, 5) is 11.6. The van der Waals surface area contributed by atoms with Crippen LogP contribution in [0.25, 0.3) is 11.3 Å². The molecule has 27 heavy (non-hydrogen) atoms. The lowest BCUT2D eigenvalue weighted by Gasteiger charge is -2.42. The zero-order chi connectivity index (χ0) is 19.0. The summed E-state index contributed by atoms with van der Waals surface area (Å²) < 4.78 is 0. The molecule has 2 fully saturated rings. The smallest absolute Gasteiger partial charge is 0.147 e. The summed E-state index contributed by atoms with van der Waals surface area (Å²) in [6, 6.07) is 5.41. The second-order valence-corrected chi connectivity index (χ2v) is 8.71. The molecule has 2 aromatic rings. The maximum Gasteiger partial charge on any atom is 0.147 e. The molecular formula is C21H25Cl2N3O. The van der Waals surface area contributed by atoms with Gasteiger partial charge >= 0.3 is 0 Å². The number of aliphatic hydroxyl groups is 1. The van der Waals surface area contributed by atoms with Crippen molar-refractivity contribution in [1.29, 1.82) is 0 Å². The van der Waals surface area contributed by atoms with E-state index < -0.39 is 0 Å². The van der Waals surface area contributed by atoms with Crippen molar-refractivity contribution in [2.75, 3.05) is 18.0 Å². The highest BCUT2D eigenvalue weighted by Crippen LogP contribution is 2.50. The number of rotatable bonds is 3. The van der Waals surface area contributed by atoms with Crippen molar-refractivity contribution in [2.45, 2.75) is 45.6 Å². The van der Waals surface area contributed by atoms with Gasteiger partial charge in [0.15, 0.2) is 0 Å². The Labute approximate surface area is 170 Å². The molecule has 0 unspecified atom stereocenters. The Balaban J connectivity index is 1.58. The van der Waals surface area contributed by atoms with Crippen molar-refractivity contribution in [3.8, 4) is 11.3 Å². The van der Waals surface area contributed by atoms with Gasteiger partial charge in [-0.05, 0) is 36.7 Å². The van der Waals surface area contributed by atoms with Crippen LogP contribution in [-0.4, -0.2) is 28.2 Å². The number of hydrogen-bond acceptors (Lipinski definition) is 4. The van der Waals surface area contributed by atoms with E-state index in [-0.39, 0.29) is 6.61 Å². The normalized spacial score (nSPS) is 21.8. The van der Waals surface area contributed by atoms with Crippen molar-refractivity contribution in [3.05, 3.63) is 40.1 Å². The van der Waals surface area contributed by atoms with Crippen LogP contribution in [0.1, 0.15) is 44.7 Å². The van der Waals surface area contributed by atoms with Crippen molar-refractivity contribution in [1.82, 2.24) is 9.97 Å². The standard InChI is InChI=1S/C21H25Cl2N3O/c1-14-4-3-7-21(14)8-10-26(11-9-21)18-12-24-20(17(13-27)25-18)15-5-2-6-16(22)19(15)23/h2,5-6,12,14,27H,3-4,7-11,13H2,1H3/t14-/m1/s1. The van der Waals surface area contributed by atoms with Crippen LogP contribution < -0.4 is 4.90 Å². The fourth-order valence-corrected chi connectivity index (χ4v) is 5.22. The van der Waals surface area contributed by atoms with Crippen molar-refractivity contribution in [2.24, 2.45) is 11.3 Å². The van der Waals surface area contributed by atoms with Crippen molar-refractivity contribution < 1.29 is 5.11 Å². The van der Waals surface area contributed by atoms with Crippen LogP contribution in [0.3, 0.4) is 0 Å². The quantitative estimate of drug-likeness (QED) is 0.747. The number of hydrogen-bond donors (Lipinski definition) is 1. The van der Waals surface area contributed by atoms with E-state index >= 15 is 0 Å². The van der Waals surface area contributed by atoms with Gasteiger partial charge < -0.3 is 10.0 Å². The van der Waals surface area contributed by atoms with Gasteiger partial charge in [-0.15, -0.1) is 0 Å². The fraction of sp³-hybridized carbons (Fsp3) is 0.524. The SMILES string of the molecule is C[C@@H]1CCCC12CCN(c1cnc(-c3cccc(Cl)c3Cl)c(CO)n1)CC2. The third kappa shape index (κ3) is 3.43. The van der Waals surface area contributed by atoms with Gasteiger partial charge in [0.25, 0.3) is 0 Å². The molecule has 1 saturated carbocycles. The molecule has 1 saturated heterocycles. The second kappa shape index (κ2) is 7.57. The lowest BCUT2D eigenvalue weighted by Crippen LogP contribution is -2.41. The maximum absolute atomic E-state index is 9.87. The lowest BCUT2D eigenvalue weighted by atomic mass is 9.71.